The van der Waals surface area contributed by atoms with E-state index in [9.17, 15) is 4.79 Å². The summed E-state index contributed by atoms with van der Waals surface area (Å²) in [6, 6.07) is 15.5. The molecule has 6 rings (SSSR count). The minimum Gasteiger partial charge on any atom is -0.444 e. The molecule has 1 aliphatic rings. The summed E-state index contributed by atoms with van der Waals surface area (Å²) in [6.07, 6.45) is 6.44. The zero-order chi connectivity index (χ0) is 26.4. The Labute approximate surface area is 219 Å². The molecule has 1 amide bonds. The maximum absolute atomic E-state index is 12.4. The van der Waals surface area contributed by atoms with Gasteiger partial charge in [-0.25, -0.2) is 24.4 Å². The molecule has 0 bridgehead atoms. The summed E-state index contributed by atoms with van der Waals surface area (Å²) in [7, 11) is 0. The number of nitrogens with zero attached hydrogens (tertiary/aromatic N) is 6. The average molecular weight is 509 g/mol. The highest BCUT2D eigenvalue weighted by Crippen LogP contribution is 2.36. The molecular formula is C28H28N8O2. The van der Waals surface area contributed by atoms with E-state index in [2.05, 4.69) is 27.5 Å². The van der Waals surface area contributed by atoms with E-state index in [1.807, 2.05) is 67.9 Å². The topological polar surface area (TPSA) is 126 Å². The number of aryl methyl sites for hydroxylation is 1. The molecule has 10 heteroatoms. The van der Waals surface area contributed by atoms with Crippen molar-refractivity contribution in [1.82, 2.24) is 34.6 Å². The number of imidazole rings is 1. The summed E-state index contributed by atoms with van der Waals surface area (Å²) in [4.78, 5) is 26.5. The molecule has 0 radical (unpaired) electrons. The second kappa shape index (κ2) is 8.98. The highest BCUT2D eigenvalue weighted by molar-refractivity contribution is 5.83. The number of nitrogens with two attached hydrogens (primary N) is 1. The Hall–Kier alpha value is -4.73. The third-order valence-corrected chi connectivity index (χ3v) is 6.46. The lowest BCUT2D eigenvalue weighted by Crippen LogP contribution is -2.34. The number of ether oxygens (including phenoxy) is 1. The lowest BCUT2D eigenvalue weighted by Gasteiger charge is -2.22. The summed E-state index contributed by atoms with van der Waals surface area (Å²) in [6.45, 7) is 5.57. The maximum atomic E-state index is 12.4. The van der Waals surface area contributed by atoms with Crippen LogP contribution in [0.3, 0.4) is 0 Å². The lowest BCUT2D eigenvalue weighted by molar-refractivity contribution is 0.0503. The molecule has 0 saturated carbocycles. The van der Waals surface area contributed by atoms with Crippen molar-refractivity contribution in [1.29, 1.82) is 0 Å². The summed E-state index contributed by atoms with van der Waals surface area (Å²) < 4.78 is 9.19. The maximum Gasteiger partial charge on any atom is 0.408 e. The number of pyridine rings is 2. The first-order valence-electron chi connectivity index (χ1n) is 12.5. The molecule has 1 aliphatic carbocycles. The van der Waals surface area contributed by atoms with Crippen molar-refractivity contribution >= 4 is 23.1 Å². The van der Waals surface area contributed by atoms with Crippen LogP contribution >= 0.6 is 0 Å². The Morgan fingerprint density at radius 1 is 1.11 bits per heavy atom. The molecule has 4 aromatic heterocycles. The fourth-order valence-electron chi connectivity index (χ4n) is 4.85. The van der Waals surface area contributed by atoms with Crippen LogP contribution in [0, 0.1) is 0 Å². The van der Waals surface area contributed by atoms with Crippen molar-refractivity contribution in [3.8, 4) is 22.9 Å². The number of nitrogen functional groups attached to an aromatic ring is 1. The second-order valence-corrected chi connectivity index (χ2v) is 10.3. The van der Waals surface area contributed by atoms with E-state index in [1.54, 1.807) is 17.1 Å². The highest BCUT2D eigenvalue weighted by Gasteiger charge is 2.27. The van der Waals surface area contributed by atoms with Crippen LogP contribution in [0.5, 0.6) is 0 Å². The van der Waals surface area contributed by atoms with E-state index >= 15 is 0 Å². The minimum atomic E-state index is -0.551. The van der Waals surface area contributed by atoms with Crippen molar-refractivity contribution in [2.75, 3.05) is 5.73 Å². The molecule has 0 unspecified atom stereocenters. The summed E-state index contributed by atoms with van der Waals surface area (Å²) in [5.41, 5.74) is 11.0. The molecule has 0 spiro atoms. The molecule has 4 heterocycles. The van der Waals surface area contributed by atoms with Gasteiger partial charge in [0.2, 0.25) is 0 Å². The van der Waals surface area contributed by atoms with Crippen LogP contribution in [0.2, 0.25) is 0 Å². The number of anilines is 1. The molecular weight excluding hydrogens is 480 g/mol. The number of benzene rings is 1. The highest BCUT2D eigenvalue weighted by atomic mass is 16.6. The van der Waals surface area contributed by atoms with Crippen molar-refractivity contribution in [2.45, 2.75) is 45.3 Å². The number of carbonyl (C=O) groups excluding carboxylic acids is 1. The zero-order valence-corrected chi connectivity index (χ0v) is 21.4. The smallest absolute Gasteiger partial charge is 0.408 e. The molecule has 0 saturated heterocycles. The molecule has 38 heavy (non-hydrogen) atoms. The number of carbonyl (C=O) groups is 1. The van der Waals surface area contributed by atoms with Gasteiger partial charge >= 0.3 is 6.09 Å². The zero-order valence-electron chi connectivity index (χ0n) is 21.4. The Kier molecular flexibility index (Phi) is 5.59. The summed E-state index contributed by atoms with van der Waals surface area (Å²) >= 11 is 0. The van der Waals surface area contributed by atoms with Crippen LogP contribution in [-0.2, 0) is 11.2 Å². The number of nitrogens with one attached hydrogen (secondary N) is 1. The number of aromatic nitrogens is 6. The van der Waals surface area contributed by atoms with E-state index in [0.717, 1.165) is 40.7 Å². The van der Waals surface area contributed by atoms with Crippen molar-refractivity contribution < 1.29 is 9.53 Å². The predicted octanol–water partition coefficient (Wildman–Crippen LogP) is 4.76. The van der Waals surface area contributed by atoms with Gasteiger partial charge < -0.3 is 15.8 Å². The third-order valence-electron chi connectivity index (χ3n) is 6.46. The first-order chi connectivity index (χ1) is 18.3. The Bertz CT molecular complexity index is 1650. The van der Waals surface area contributed by atoms with Crippen LogP contribution in [0.25, 0.3) is 34.1 Å². The molecule has 0 aliphatic heterocycles. The van der Waals surface area contributed by atoms with E-state index in [4.69, 9.17) is 20.4 Å². The molecule has 3 N–H and O–H groups in total. The average Bonchev–Trinajstić information content (AvgIpc) is 3.61. The number of hydrogen-bond acceptors (Lipinski definition) is 7. The number of rotatable bonds is 4. The van der Waals surface area contributed by atoms with Gasteiger partial charge in [0.05, 0.1) is 11.6 Å². The largest absolute Gasteiger partial charge is 0.444 e. The normalized spacial score (nSPS) is 15.0. The lowest BCUT2D eigenvalue weighted by atomic mass is 10.1. The van der Waals surface area contributed by atoms with Crippen molar-refractivity contribution in [2.24, 2.45) is 0 Å². The molecule has 0 fully saturated rings. The number of amides is 1. The SMILES string of the molecule is CC(C)(C)OC(=O)N[C@H]1CCc2cc(-n3c(-c4cccnc4N)nc4ccc(-n5cccn5)nc43)ccc21. The van der Waals surface area contributed by atoms with Gasteiger partial charge in [0.15, 0.2) is 17.3 Å². The van der Waals surface area contributed by atoms with E-state index < -0.39 is 11.7 Å². The van der Waals surface area contributed by atoms with Gasteiger partial charge in [-0.15, -0.1) is 0 Å². The van der Waals surface area contributed by atoms with E-state index in [-0.39, 0.29) is 6.04 Å². The Morgan fingerprint density at radius 2 is 1.97 bits per heavy atom. The molecule has 10 nitrogen and oxygen atoms in total. The second-order valence-electron chi connectivity index (χ2n) is 10.3. The van der Waals surface area contributed by atoms with Gasteiger partial charge in [0.25, 0.3) is 0 Å². The summed E-state index contributed by atoms with van der Waals surface area (Å²) in [5, 5.41) is 7.34. The van der Waals surface area contributed by atoms with Gasteiger partial charge in [-0.05, 0) is 87.2 Å². The van der Waals surface area contributed by atoms with Crippen LogP contribution in [-0.4, -0.2) is 41.0 Å². The first kappa shape index (κ1) is 23.7. The van der Waals surface area contributed by atoms with Gasteiger partial charge in [-0.3, -0.25) is 4.57 Å². The van der Waals surface area contributed by atoms with Crippen molar-refractivity contribution in [3.05, 3.63) is 78.2 Å². The van der Waals surface area contributed by atoms with Crippen molar-refractivity contribution in [3.63, 3.8) is 0 Å². The van der Waals surface area contributed by atoms with E-state index in [0.29, 0.717) is 23.1 Å². The first-order valence-corrected chi connectivity index (χ1v) is 12.5. The Morgan fingerprint density at radius 3 is 2.74 bits per heavy atom. The van der Waals surface area contributed by atoms with Crippen LogP contribution in [0.15, 0.2) is 67.1 Å². The van der Waals surface area contributed by atoms with Crippen LogP contribution in [0.4, 0.5) is 10.6 Å². The van der Waals surface area contributed by atoms with Gasteiger partial charge in [0.1, 0.15) is 16.9 Å². The molecule has 5 aromatic rings. The molecule has 1 aromatic carbocycles. The monoisotopic (exact) mass is 508 g/mol. The standard InChI is InChI=1S/C28H28N8O2/c1-28(2,3)38-27(37)33-21-10-7-17-16-18(8-9-19(17)21)36-25(20-6-4-13-30-24(20)29)32-22-11-12-23(34-26(22)36)35-15-5-14-31-35/h4-6,8-9,11-16,21H,7,10H2,1-3H3,(H2,29,30)(H,33,37)/t21-/m0/s1. The van der Waals surface area contributed by atoms with Crippen LogP contribution < -0.4 is 11.1 Å². The number of hydrogen-bond donors (Lipinski definition) is 2. The van der Waals surface area contributed by atoms with Gasteiger partial charge in [-0.2, -0.15) is 5.10 Å². The minimum absolute atomic E-state index is 0.105. The van der Waals surface area contributed by atoms with Gasteiger partial charge in [0, 0.05) is 24.3 Å². The molecule has 1 atom stereocenters. The third kappa shape index (κ3) is 4.34. The van der Waals surface area contributed by atoms with Crippen LogP contribution in [0.1, 0.15) is 44.4 Å². The van der Waals surface area contributed by atoms with Gasteiger partial charge in [-0.1, -0.05) is 6.07 Å². The number of fused-ring (bicyclic) bond motifs is 2. The quantitative estimate of drug-likeness (QED) is 0.358. The predicted molar refractivity (Wildman–Crippen MR) is 144 cm³/mol. The summed E-state index contributed by atoms with van der Waals surface area (Å²) in [5.74, 6) is 1.72. The number of alkyl carbamates (subject to hydrolysis) is 1. The molecule has 192 valence electrons. The fraction of sp³-hybridized carbons (Fsp3) is 0.250. The van der Waals surface area contributed by atoms with E-state index in [1.165, 1.54) is 0 Å². The fourth-order valence-corrected chi connectivity index (χ4v) is 4.85. The Balaban J connectivity index is 1.45.